The van der Waals surface area contributed by atoms with Crippen LogP contribution >= 0.6 is 0 Å². The van der Waals surface area contributed by atoms with Crippen molar-refractivity contribution >= 4 is 5.97 Å². The van der Waals surface area contributed by atoms with E-state index in [1.807, 2.05) is 27.7 Å². The van der Waals surface area contributed by atoms with Gasteiger partial charge < -0.3 is 4.74 Å². The summed E-state index contributed by atoms with van der Waals surface area (Å²) >= 11 is 0. The molecule has 0 saturated carbocycles. The van der Waals surface area contributed by atoms with Crippen LogP contribution in [0.2, 0.25) is 0 Å². The van der Waals surface area contributed by atoms with E-state index < -0.39 is 0 Å². The molecule has 16 heavy (non-hydrogen) atoms. The van der Waals surface area contributed by atoms with Crippen LogP contribution in [0.1, 0.15) is 50.8 Å². The fourth-order valence-electron chi connectivity index (χ4n) is 0.940. The molecule has 1 aromatic heterocycles. The molecule has 5 heteroatoms. The quantitative estimate of drug-likeness (QED) is 0.730. The average molecular weight is 229 g/mol. The zero-order valence-electron chi connectivity index (χ0n) is 11.4. The molecule has 5 nitrogen and oxygen atoms in total. The van der Waals surface area contributed by atoms with Gasteiger partial charge in [-0.25, -0.2) is 9.48 Å². The summed E-state index contributed by atoms with van der Waals surface area (Å²) in [6.45, 7) is 11.8. The van der Waals surface area contributed by atoms with Gasteiger partial charge in [-0.3, -0.25) is 0 Å². The van der Waals surface area contributed by atoms with Crippen LogP contribution in [-0.4, -0.2) is 27.6 Å². The number of esters is 1. The molecule has 0 saturated heterocycles. The molecule has 0 fully saturated rings. The second-order valence-corrected chi connectivity index (χ2v) is 2.37. The van der Waals surface area contributed by atoms with Crippen molar-refractivity contribution in [2.45, 2.75) is 41.5 Å². The van der Waals surface area contributed by atoms with Gasteiger partial charge in [-0.1, -0.05) is 32.9 Å². The molecular formula is C11H23N3O2. The predicted molar refractivity (Wildman–Crippen MR) is 64.4 cm³/mol. The minimum atomic E-state index is -0.373. The van der Waals surface area contributed by atoms with E-state index >= 15 is 0 Å². The number of rotatable bonds is 2. The van der Waals surface area contributed by atoms with E-state index in [4.69, 9.17) is 4.74 Å². The van der Waals surface area contributed by atoms with Crippen LogP contribution in [0.5, 0.6) is 0 Å². The Morgan fingerprint density at radius 2 is 1.81 bits per heavy atom. The second-order valence-electron chi connectivity index (χ2n) is 2.37. The molecule has 0 radical (unpaired) electrons. The smallest absolute Gasteiger partial charge is 0.358 e. The largest absolute Gasteiger partial charge is 0.461 e. The number of hydrogen-bond donors (Lipinski definition) is 0. The fraction of sp³-hybridized carbons (Fsp3) is 0.727. The van der Waals surface area contributed by atoms with Gasteiger partial charge in [-0.2, -0.15) is 0 Å². The highest BCUT2D eigenvalue weighted by molar-refractivity contribution is 5.88. The molecule has 1 heterocycles. The van der Waals surface area contributed by atoms with Crippen LogP contribution in [-0.2, 0) is 11.8 Å². The normalized spacial score (nSPS) is 8.19. The molecule has 0 bridgehead atoms. The van der Waals surface area contributed by atoms with Gasteiger partial charge >= 0.3 is 5.97 Å². The molecule has 94 valence electrons. The van der Waals surface area contributed by atoms with E-state index in [9.17, 15) is 4.79 Å². The summed E-state index contributed by atoms with van der Waals surface area (Å²) in [4.78, 5) is 11.2. The van der Waals surface area contributed by atoms with Crippen LogP contribution in [0.25, 0.3) is 0 Å². The van der Waals surface area contributed by atoms with Gasteiger partial charge in [0.2, 0.25) is 0 Å². The van der Waals surface area contributed by atoms with E-state index in [1.54, 1.807) is 20.9 Å². The minimum Gasteiger partial charge on any atom is -0.461 e. The number of ether oxygens (including phenoxy) is 1. The van der Waals surface area contributed by atoms with E-state index in [-0.39, 0.29) is 5.97 Å². The van der Waals surface area contributed by atoms with Gasteiger partial charge in [0.15, 0.2) is 5.69 Å². The lowest BCUT2D eigenvalue weighted by molar-refractivity contribution is 0.0513. The lowest BCUT2D eigenvalue weighted by atomic mass is 10.3. The molecule has 1 aromatic rings. The summed E-state index contributed by atoms with van der Waals surface area (Å²) in [5.41, 5.74) is 1.01. The first-order valence-corrected chi connectivity index (χ1v) is 5.70. The lowest BCUT2D eigenvalue weighted by Crippen LogP contribution is -2.11. The van der Waals surface area contributed by atoms with Gasteiger partial charge in [0, 0.05) is 7.05 Å². The number of hydrogen-bond acceptors (Lipinski definition) is 4. The first-order chi connectivity index (χ1) is 7.66. The Labute approximate surface area is 97.8 Å². The van der Waals surface area contributed by atoms with Crippen molar-refractivity contribution in [1.29, 1.82) is 0 Å². The van der Waals surface area contributed by atoms with Gasteiger partial charge in [0.25, 0.3) is 0 Å². The number of carbonyl (C=O) groups is 1. The molecule has 0 aliphatic rings. The average Bonchev–Trinajstić information content (AvgIpc) is 2.64. The Balaban J connectivity index is 0. The highest BCUT2D eigenvalue weighted by Gasteiger charge is 2.15. The Kier molecular flexibility index (Phi) is 10.8. The molecule has 0 atom stereocenters. The molecule has 0 N–H and O–H groups in total. The Bertz CT molecular complexity index is 276. The molecule has 0 unspecified atom stereocenters. The third-order valence-corrected chi connectivity index (χ3v) is 1.46. The maximum absolute atomic E-state index is 11.2. The van der Waals surface area contributed by atoms with Gasteiger partial charge in [0.05, 0.1) is 12.3 Å². The van der Waals surface area contributed by atoms with Crippen molar-refractivity contribution in [1.82, 2.24) is 15.0 Å². The van der Waals surface area contributed by atoms with E-state index in [0.717, 1.165) is 0 Å². The van der Waals surface area contributed by atoms with Gasteiger partial charge in [-0.15, -0.1) is 5.10 Å². The van der Waals surface area contributed by atoms with E-state index in [2.05, 4.69) is 10.3 Å². The Morgan fingerprint density at radius 3 is 2.12 bits per heavy atom. The number of carbonyl (C=O) groups excluding carboxylic acids is 1. The maximum Gasteiger partial charge on any atom is 0.358 e. The van der Waals surface area contributed by atoms with Gasteiger partial charge in [-0.05, 0) is 13.8 Å². The predicted octanol–water partition coefficient (Wildman–Crippen LogP) is 2.35. The highest BCUT2D eigenvalue weighted by atomic mass is 16.5. The van der Waals surface area contributed by atoms with E-state index in [1.165, 1.54) is 4.68 Å². The zero-order chi connectivity index (χ0) is 13.1. The lowest BCUT2D eigenvalue weighted by Gasteiger charge is -2.00. The third kappa shape index (κ3) is 4.91. The third-order valence-electron chi connectivity index (χ3n) is 1.46. The Morgan fingerprint density at radius 1 is 1.31 bits per heavy atom. The monoisotopic (exact) mass is 229 g/mol. The summed E-state index contributed by atoms with van der Waals surface area (Å²) in [5.74, 6) is -0.373. The molecule has 1 rings (SSSR count). The maximum atomic E-state index is 11.2. The molecule has 0 aromatic carbocycles. The van der Waals surface area contributed by atoms with Crippen molar-refractivity contribution in [3.05, 3.63) is 11.4 Å². The summed E-state index contributed by atoms with van der Waals surface area (Å²) in [6, 6.07) is 0. The summed E-state index contributed by atoms with van der Waals surface area (Å²) in [5, 5.41) is 7.42. The Hall–Kier alpha value is -1.39. The van der Waals surface area contributed by atoms with Crippen molar-refractivity contribution in [3.8, 4) is 0 Å². The molecule has 0 aliphatic heterocycles. The number of aryl methyl sites for hydroxylation is 2. The van der Waals surface area contributed by atoms with Crippen LogP contribution < -0.4 is 0 Å². The standard InChI is InChI=1S/C7H11N3O2.2C2H6/c1-4-12-7(11)6-5(2)8-9-10(6)3;2*1-2/h4H2,1-3H3;2*1-2H3. The second kappa shape index (κ2) is 10.1. The fourth-order valence-corrected chi connectivity index (χ4v) is 0.940. The number of nitrogens with zero attached hydrogens (tertiary/aromatic N) is 3. The molecular weight excluding hydrogens is 206 g/mol. The van der Waals surface area contributed by atoms with Crippen molar-refractivity contribution in [3.63, 3.8) is 0 Å². The van der Waals surface area contributed by atoms with Crippen LogP contribution in [0, 0.1) is 6.92 Å². The van der Waals surface area contributed by atoms with Crippen molar-refractivity contribution in [2.75, 3.05) is 6.61 Å². The first kappa shape index (κ1) is 17.0. The topological polar surface area (TPSA) is 57.0 Å². The summed E-state index contributed by atoms with van der Waals surface area (Å²) in [6.07, 6.45) is 0. The van der Waals surface area contributed by atoms with Crippen LogP contribution in [0.3, 0.4) is 0 Å². The molecule has 0 aliphatic carbocycles. The van der Waals surface area contributed by atoms with Crippen molar-refractivity contribution in [2.24, 2.45) is 7.05 Å². The highest BCUT2D eigenvalue weighted by Crippen LogP contribution is 2.03. The zero-order valence-corrected chi connectivity index (χ0v) is 11.4. The van der Waals surface area contributed by atoms with Crippen LogP contribution in [0.15, 0.2) is 0 Å². The summed E-state index contributed by atoms with van der Waals surface area (Å²) in [7, 11) is 1.66. The SMILES string of the molecule is CC.CC.CCOC(=O)c1c(C)nnn1C. The number of aromatic nitrogens is 3. The van der Waals surface area contributed by atoms with Crippen molar-refractivity contribution < 1.29 is 9.53 Å². The molecule has 0 spiro atoms. The van der Waals surface area contributed by atoms with Gasteiger partial charge in [0.1, 0.15) is 0 Å². The van der Waals surface area contributed by atoms with E-state index in [0.29, 0.717) is 18.0 Å². The summed E-state index contributed by atoms with van der Waals surface area (Å²) < 4.78 is 6.22. The van der Waals surface area contributed by atoms with Crippen LogP contribution in [0.4, 0.5) is 0 Å². The minimum absolute atomic E-state index is 0.365. The molecule has 0 amide bonds. The first-order valence-electron chi connectivity index (χ1n) is 5.70.